The monoisotopic (exact) mass is 553 g/mol. The van der Waals surface area contributed by atoms with Crippen LogP contribution in [-0.2, 0) is 24.5 Å². The largest absolute Gasteiger partial charge is 0.466 e. The Morgan fingerprint density at radius 2 is 1.60 bits per heavy atom. The lowest BCUT2D eigenvalue weighted by molar-refractivity contribution is -0.143. The van der Waals surface area contributed by atoms with Crippen molar-refractivity contribution in [3.8, 4) is 5.75 Å². The van der Waals surface area contributed by atoms with Crippen molar-refractivity contribution in [2.45, 2.75) is 51.7 Å². The van der Waals surface area contributed by atoms with Crippen LogP contribution >= 0.6 is 0 Å². The third kappa shape index (κ3) is 5.79. The van der Waals surface area contributed by atoms with Crippen molar-refractivity contribution in [2.75, 3.05) is 49.5 Å². The normalized spacial score (nSPS) is 18.3. The molecular weight excluding hydrogens is 514 g/mol. The molecule has 40 heavy (non-hydrogen) atoms. The number of benzene rings is 2. The van der Waals surface area contributed by atoms with E-state index in [1.165, 1.54) is 0 Å². The van der Waals surface area contributed by atoms with E-state index >= 15 is 0 Å². The smallest absolute Gasteiger partial charge is 0.307 e. The number of carbonyl (C=O) groups is 2. The van der Waals surface area contributed by atoms with Gasteiger partial charge in [-0.25, -0.2) is 0 Å². The summed E-state index contributed by atoms with van der Waals surface area (Å²) in [5, 5.41) is 19.0. The van der Waals surface area contributed by atoms with Crippen LogP contribution in [0, 0.1) is 0 Å². The minimum absolute atomic E-state index is 0.0847. The molecule has 2 aliphatic rings. The molecule has 2 aliphatic heterocycles. The average molecular weight is 554 g/mol. The molecule has 0 saturated carbocycles. The van der Waals surface area contributed by atoms with E-state index in [9.17, 15) is 20.0 Å². The molecule has 1 unspecified atom stereocenters. The highest BCUT2D eigenvalue weighted by atomic mass is 16.8. The van der Waals surface area contributed by atoms with Crippen LogP contribution in [0.3, 0.4) is 0 Å². The zero-order chi connectivity index (χ0) is 28.9. The minimum Gasteiger partial charge on any atom is -0.466 e. The van der Waals surface area contributed by atoms with E-state index in [0.29, 0.717) is 45.1 Å². The first-order chi connectivity index (χ1) is 19.1. The van der Waals surface area contributed by atoms with Crippen molar-refractivity contribution in [1.82, 2.24) is 4.90 Å². The highest BCUT2D eigenvalue weighted by Crippen LogP contribution is 2.54. The van der Waals surface area contributed by atoms with Crippen LogP contribution in [0.15, 0.2) is 48.5 Å². The van der Waals surface area contributed by atoms with Crippen molar-refractivity contribution < 1.29 is 34.2 Å². The van der Waals surface area contributed by atoms with Gasteiger partial charge in [0, 0.05) is 37.4 Å². The minimum atomic E-state index is -0.864. The van der Waals surface area contributed by atoms with Gasteiger partial charge < -0.3 is 24.0 Å². The summed E-state index contributed by atoms with van der Waals surface area (Å²) in [5.41, 5.74) is 1.83. The number of esters is 2. The predicted molar refractivity (Wildman–Crippen MR) is 151 cm³/mol. The Kier molecular flexibility index (Phi) is 9.02. The standard InChI is InChI=1S/C30H39N3O7/c1-5-38-27(34)14-17-31(18-15-28(35)39-6-2)19-20-32-25-10-8-7-9-24(25)29(3,4)30(32)16-13-22-21-23(33(36)37)11-12-26(22)40-30/h7-13,16,21,36-37H,5-6,14-15,17-20H2,1-4H3. The summed E-state index contributed by atoms with van der Waals surface area (Å²) in [5.74, 6) is 0.0821. The summed E-state index contributed by atoms with van der Waals surface area (Å²) in [7, 11) is 0. The average Bonchev–Trinajstić information content (AvgIpc) is 3.10. The third-order valence-corrected chi connectivity index (χ3v) is 7.66. The summed E-state index contributed by atoms with van der Waals surface area (Å²) in [6.07, 6.45) is 4.43. The molecule has 2 N–H and O–H groups in total. The molecule has 2 aromatic rings. The summed E-state index contributed by atoms with van der Waals surface area (Å²) < 4.78 is 17.1. The Hall–Kier alpha value is -3.60. The maximum atomic E-state index is 12.1. The number of para-hydroxylation sites is 1. The number of hydrogen-bond acceptors (Lipinski definition) is 10. The molecule has 2 aromatic carbocycles. The van der Waals surface area contributed by atoms with E-state index in [-0.39, 0.29) is 35.7 Å². The topological polar surface area (TPSA) is 112 Å². The number of rotatable bonds is 12. The zero-order valence-electron chi connectivity index (χ0n) is 23.6. The quantitative estimate of drug-likeness (QED) is 0.290. The molecule has 0 amide bonds. The van der Waals surface area contributed by atoms with Gasteiger partial charge in [-0.15, -0.1) is 5.23 Å². The van der Waals surface area contributed by atoms with Gasteiger partial charge >= 0.3 is 11.9 Å². The van der Waals surface area contributed by atoms with Crippen LogP contribution in [0.2, 0.25) is 0 Å². The van der Waals surface area contributed by atoms with Crippen LogP contribution in [0.25, 0.3) is 6.08 Å². The lowest BCUT2D eigenvalue weighted by Crippen LogP contribution is -2.60. The molecule has 0 aromatic heterocycles. The number of fused-ring (bicyclic) bond motifs is 2. The van der Waals surface area contributed by atoms with Crippen molar-refractivity contribution >= 4 is 29.4 Å². The Morgan fingerprint density at radius 1 is 0.950 bits per heavy atom. The van der Waals surface area contributed by atoms with E-state index in [4.69, 9.17) is 14.2 Å². The second kappa shape index (κ2) is 12.3. The fraction of sp³-hybridized carbons (Fsp3) is 0.467. The van der Waals surface area contributed by atoms with Crippen molar-refractivity contribution in [2.24, 2.45) is 0 Å². The number of ether oxygens (including phenoxy) is 3. The van der Waals surface area contributed by atoms with Gasteiger partial charge in [-0.3, -0.25) is 20.0 Å². The SMILES string of the molecule is CCOC(=O)CCN(CCC(=O)OCC)CCN1c2ccccc2C(C)(C)C12C=Cc1cc(N(O)O)ccc1O2. The van der Waals surface area contributed by atoms with Crippen LogP contribution in [-0.4, -0.2) is 72.4 Å². The summed E-state index contributed by atoms with van der Waals surface area (Å²) in [6, 6.07) is 13.2. The lowest BCUT2D eigenvalue weighted by Gasteiger charge is -2.47. The van der Waals surface area contributed by atoms with Crippen molar-refractivity contribution in [1.29, 1.82) is 0 Å². The molecule has 0 fully saturated rings. The Morgan fingerprint density at radius 3 is 2.23 bits per heavy atom. The van der Waals surface area contributed by atoms with E-state index < -0.39 is 11.1 Å². The lowest BCUT2D eigenvalue weighted by atomic mass is 9.76. The Labute approximate surface area is 235 Å². The zero-order valence-corrected chi connectivity index (χ0v) is 23.6. The summed E-state index contributed by atoms with van der Waals surface area (Å²) >= 11 is 0. The van der Waals surface area contributed by atoms with Crippen molar-refractivity contribution in [3.05, 3.63) is 59.7 Å². The van der Waals surface area contributed by atoms with Gasteiger partial charge in [-0.2, -0.15) is 0 Å². The second-order valence-corrected chi connectivity index (χ2v) is 10.4. The van der Waals surface area contributed by atoms with E-state index in [0.717, 1.165) is 16.8 Å². The van der Waals surface area contributed by atoms with E-state index in [1.54, 1.807) is 32.0 Å². The fourth-order valence-electron chi connectivity index (χ4n) is 5.54. The van der Waals surface area contributed by atoms with Crippen LogP contribution in [0.4, 0.5) is 11.4 Å². The van der Waals surface area contributed by atoms with Gasteiger partial charge in [0.2, 0.25) is 5.72 Å². The van der Waals surface area contributed by atoms with Gasteiger partial charge in [0.15, 0.2) is 0 Å². The number of hydrogen-bond donors (Lipinski definition) is 2. The predicted octanol–water partition coefficient (Wildman–Crippen LogP) is 4.38. The molecule has 0 radical (unpaired) electrons. The molecule has 10 heteroatoms. The maximum Gasteiger partial charge on any atom is 0.307 e. The van der Waals surface area contributed by atoms with Gasteiger partial charge in [-0.1, -0.05) is 18.2 Å². The first kappa shape index (κ1) is 29.4. The van der Waals surface area contributed by atoms with Gasteiger partial charge in [-0.05, 0) is 69.7 Å². The number of carbonyl (C=O) groups excluding carboxylic acids is 2. The summed E-state index contributed by atoms with van der Waals surface area (Å²) in [6.45, 7) is 10.5. The molecule has 4 rings (SSSR count). The summed E-state index contributed by atoms with van der Waals surface area (Å²) in [4.78, 5) is 28.5. The van der Waals surface area contributed by atoms with Crippen molar-refractivity contribution in [3.63, 3.8) is 0 Å². The molecule has 2 heterocycles. The van der Waals surface area contributed by atoms with Crippen LogP contribution < -0.4 is 14.9 Å². The highest BCUT2D eigenvalue weighted by Gasteiger charge is 2.58. The number of nitrogens with zero attached hydrogens (tertiary/aromatic N) is 3. The molecule has 0 aliphatic carbocycles. The van der Waals surface area contributed by atoms with Crippen LogP contribution in [0.5, 0.6) is 5.75 Å². The molecular formula is C30H39N3O7. The highest BCUT2D eigenvalue weighted by molar-refractivity contribution is 5.74. The first-order valence-electron chi connectivity index (χ1n) is 13.7. The molecule has 0 bridgehead atoms. The second-order valence-electron chi connectivity index (χ2n) is 10.4. The Balaban J connectivity index is 1.62. The molecule has 1 spiro atoms. The van der Waals surface area contributed by atoms with E-state index in [1.807, 2.05) is 24.3 Å². The van der Waals surface area contributed by atoms with Gasteiger partial charge in [0.25, 0.3) is 0 Å². The Bertz CT molecular complexity index is 1220. The van der Waals surface area contributed by atoms with Gasteiger partial charge in [0.1, 0.15) is 5.75 Å². The third-order valence-electron chi connectivity index (χ3n) is 7.66. The maximum absolute atomic E-state index is 12.1. The fourth-order valence-corrected chi connectivity index (χ4v) is 5.54. The number of anilines is 2. The van der Waals surface area contributed by atoms with Gasteiger partial charge in [0.05, 0.1) is 37.2 Å². The molecule has 10 nitrogen and oxygen atoms in total. The molecule has 0 saturated heterocycles. The van der Waals surface area contributed by atoms with Crippen LogP contribution in [0.1, 0.15) is 51.7 Å². The van der Waals surface area contributed by atoms with E-state index in [2.05, 4.69) is 35.8 Å². The molecule has 216 valence electrons. The first-order valence-corrected chi connectivity index (χ1v) is 13.7. The molecule has 1 atom stereocenters.